The number of aryl methyl sites for hydroxylation is 2. The first-order valence-electron chi connectivity index (χ1n) is 8.28. The summed E-state index contributed by atoms with van der Waals surface area (Å²) in [5.74, 6) is 0.517. The Morgan fingerprint density at radius 1 is 1.20 bits per heavy atom. The van der Waals surface area contributed by atoms with Crippen molar-refractivity contribution in [3.8, 4) is 0 Å². The highest BCUT2D eigenvalue weighted by Gasteiger charge is 2.14. The first-order chi connectivity index (χ1) is 11.8. The van der Waals surface area contributed by atoms with Gasteiger partial charge in [0.15, 0.2) is 0 Å². The number of anilines is 3. The normalized spacial score (nSPS) is 12.1. The number of hydrogen-bond acceptors (Lipinski definition) is 6. The van der Waals surface area contributed by atoms with Gasteiger partial charge >= 0.3 is 0 Å². The zero-order valence-electron chi connectivity index (χ0n) is 15.1. The molecule has 0 bridgehead atoms. The van der Waals surface area contributed by atoms with Crippen LogP contribution < -0.4 is 22.1 Å². The van der Waals surface area contributed by atoms with Gasteiger partial charge in [0.2, 0.25) is 5.95 Å². The molecule has 2 aromatic rings. The van der Waals surface area contributed by atoms with Crippen molar-refractivity contribution in [1.82, 2.24) is 9.97 Å². The zero-order valence-corrected chi connectivity index (χ0v) is 15.1. The Morgan fingerprint density at radius 2 is 1.84 bits per heavy atom. The molecule has 7 nitrogen and oxygen atoms in total. The average Bonchev–Trinajstić information content (AvgIpc) is 2.51. The van der Waals surface area contributed by atoms with Crippen molar-refractivity contribution >= 4 is 23.4 Å². The molecule has 134 valence electrons. The number of benzene rings is 1. The van der Waals surface area contributed by atoms with Crippen molar-refractivity contribution in [3.63, 3.8) is 0 Å². The maximum Gasteiger partial charge on any atom is 0.254 e. The van der Waals surface area contributed by atoms with Crippen LogP contribution in [0.2, 0.25) is 0 Å². The molecule has 0 unspecified atom stereocenters. The number of carbonyl (C=O) groups excluding carboxylic acids is 1. The lowest BCUT2D eigenvalue weighted by molar-refractivity contribution is 0.100. The molecule has 6 N–H and O–H groups in total. The smallest absolute Gasteiger partial charge is 0.254 e. The minimum Gasteiger partial charge on any atom is -0.365 e. The largest absolute Gasteiger partial charge is 0.365 e. The third-order valence-corrected chi connectivity index (χ3v) is 3.89. The first-order valence-corrected chi connectivity index (χ1v) is 8.28. The second-order valence-corrected chi connectivity index (χ2v) is 6.61. The van der Waals surface area contributed by atoms with E-state index in [2.05, 4.69) is 40.5 Å². The molecular weight excluding hydrogens is 316 g/mol. The van der Waals surface area contributed by atoms with Crippen molar-refractivity contribution in [3.05, 3.63) is 41.1 Å². The molecule has 0 fully saturated rings. The van der Waals surface area contributed by atoms with Gasteiger partial charge in [0, 0.05) is 24.5 Å². The van der Waals surface area contributed by atoms with E-state index >= 15 is 0 Å². The fraction of sp³-hybridized carbons (Fsp3) is 0.389. The van der Waals surface area contributed by atoms with Crippen LogP contribution in [0.15, 0.2) is 24.4 Å². The molecule has 0 saturated heterocycles. The lowest BCUT2D eigenvalue weighted by Crippen LogP contribution is -2.34. The molecule has 25 heavy (non-hydrogen) atoms. The molecule has 1 aromatic heterocycles. The Labute approximate surface area is 148 Å². The van der Waals surface area contributed by atoms with Gasteiger partial charge in [-0.15, -0.1) is 0 Å². The third-order valence-electron chi connectivity index (χ3n) is 3.89. The monoisotopic (exact) mass is 342 g/mol. The molecule has 0 aliphatic rings. The van der Waals surface area contributed by atoms with Crippen LogP contribution in [-0.2, 0) is 0 Å². The van der Waals surface area contributed by atoms with Gasteiger partial charge in [-0.3, -0.25) is 4.79 Å². The number of rotatable bonds is 7. The maximum absolute atomic E-state index is 11.7. The molecule has 2 rings (SSSR count). The van der Waals surface area contributed by atoms with E-state index < -0.39 is 5.91 Å². The van der Waals surface area contributed by atoms with E-state index in [4.69, 9.17) is 11.5 Å². The van der Waals surface area contributed by atoms with Crippen LogP contribution in [0, 0.1) is 19.8 Å². The number of primary amides is 1. The molecular formula is C18H26N6O. The number of carbonyl (C=O) groups is 1. The number of nitrogens with two attached hydrogens (primary N) is 2. The molecule has 0 radical (unpaired) electrons. The molecule has 0 aliphatic carbocycles. The zero-order chi connectivity index (χ0) is 18.6. The lowest BCUT2D eigenvalue weighted by Gasteiger charge is -2.17. The number of nitrogens with one attached hydrogen (secondary N) is 2. The van der Waals surface area contributed by atoms with Gasteiger partial charge in [-0.25, -0.2) is 4.98 Å². The average molecular weight is 342 g/mol. The standard InChI is InChI=1S/C18H26N6O/c1-10(2)15(19)9-22-18-21-8-14(16(20)25)17(24-18)23-13-6-11(3)5-12(4)7-13/h5-8,10,15H,9,19H2,1-4H3,(H2,20,25)(H2,21,22,23,24)/t15-/m1/s1. The minimum atomic E-state index is -0.586. The fourth-order valence-corrected chi connectivity index (χ4v) is 2.37. The Morgan fingerprint density at radius 3 is 2.40 bits per heavy atom. The van der Waals surface area contributed by atoms with Crippen LogP contribution in [0.4, 0.5) is 17.5 Å². The van der Waals surface area contributed by atoms with Crippen LogP contribution in [-0.4, -0.2) is 28.5 Å². The highest BCUT2D eigenvalue weighted by Crippen LogP contribution is 2.22. The van der Waals surface area contributed by atoms with Gasteiger partial charge in [0.25, 0.3) is 5.91 Å². The lowest BCUT2D eigenvalue weighted by atomic mass is 10.1. The topological polar surface area (TPSA) is 119 Å². The quantitative estimate of drug-likeness (QED) is 0.613. The third kappa shape index (κ3) is 5.15. The Balaban J connectivity index is 2.27. The summed E-state index contributed by atoms with van der Waals surface area (Å²) in [6.07, 6.45) is 1.42. The highest BCUT2D eigenvalue weighted by atomic mass is 16.1. The summed E-state index contributed by atoms with van der Waals surface area (Å²) < 4.78 is 0. The summed E-state index contributed by atoms with van der Waals surface area (Å²) in [6, 6.07) is 6.00. The van der Waals surface area contributed by atoms with Crippen molar-refractivity contribution in [2.75, 3.05) is 17.2 Å². The van der Waals surface area contributed by atoms with Crippen molar-refractivity contribution in [2.45, 2.75) is 33.7 Å². The molecule has 0 saturated carbocycles. The van der Waals surface area contributed by atoms with E-state index in [0.29, 0.717) is 24.2 Å². The summed E-state index contributed by atoms with van der Waals surface area (Å²) >= 11 is 0. The molecule has 1 aromatic carbocycles. The molecule has 1 heterocycles. The number of aromatic nitrogens is 2. The molecule has 0 spiro atoms. The summed E-state index contributed by atoms with van der Waals surface area (Å²) in [4.78, 5) is 20.2. The summed E-state index contributed by atoms with van der Waals surface area (Å²) in [7, 11) is 0. The summed E-state index contributed by atoms with van der Waals surface area (Å²) in [5, 5.41) is 6.26. The van der Waals surface area contributed by atoms with Gasteiger partial charge in [-0.2, -0.15) is 4.98 Å². The summed E-state index contributed by atoms with van der Waals surface area (Å²) in [6.45, 7) is 8.66. The number of hydrogen-bond donors (Lipinski definition) is 4. The summed E-state index contributed by atoms with van der Waals surface area (Å²) in [5.41, 5.74) is 14.8. The van der Waals surface area contributed by atoms with Gasteiger partial charge in [0.05, 0.1) is 0 Å². The van der Waals surface area contributed by atoms with Gasteiger partial charge in [0.1, 0.15) is 11.4 Å². The highest BCUT2D eigenvalue weighted by molar-refractivity contribution is 5.98. The molecule has 1 amide bonds. The second kappa shape index (κ2) is 7.94. The predicted molar refractivity (Wildman–Crippen MR) is 101 cm³/mol. The van der Waals surface area contributed by atoms with Crippen molar-refractivity contribution in [1.29, 1.82) is 0 Å². The molecule has 0 aliphatic heterocycles. The Kier molecular flexibility index (Phi) is 5.93. The van der Waals surface area contributed by atoms with Gasteiger partial charge < -0.3 is 22.1 Å². The van der Waals surface area contributed by atoms with E-state index in [-0.39, 0.29) is 11.6 Å². The molecule has 1 atom stereocenters. The SMILES string of the molecule is Cc1cc(C)cc(Nc2nc(NC[C@@H](N)C(C)C)ncc2C(N)=O)c1. The van der Waals surface area contributed by atoms with Crippen molar-refractivity contribution < 1.29 is 4.79 Å². The number of amides is 1. The van der Waals surface area contributed by atoms with Gasteiger partial charge in [-0.1, -0.05) is 19.9 Å². The van der Waals surface area contributed by atoms with Crippen LogP contribution in [0.5, 0.6) is 0 Å². The molecule has 7 heteroatoms. The van der Waals surface area contributed by atoms with Crippen LogP contribution >= 0.6 is 0 Å². The van der Waals surface area contributed by atoms with Crippen LogP contribution in [0.1, 0.15) is 35.3 Å². The predicted octanol–water partition coefficient (Wildman–Crippen LogP) is 2.33. The van der Waals surface area contributed by atoms with E-state index in [1.807, 2.05) is 26.0 Å². The maximum atomic E-state index is 11.7. The van der Waals surface area contributed by atoms with E-state index in [1.54, 1.807) is 0 Å². The van der Waals surface area contributed by atoms with E-state index in [9.17, 15) is 4.79 Å². The van der Waals surface area contributed by atoms with Gasteiger partial charge in [-0.05, 0) is 43.0 Å². The minimum absolute atomic E-state index is 0.0183. The van der Waals surface area contributed by atoms with E-state index in [1.165, 1.54) is 6.20 Å². The van der Waals surface area contributed by atoms with Crippen molar-refractivity contribution in [2.24, 2.45) is 17.4 Å². The van der Waals surface area contributed by atoms with Crippen LogP contribution in [0.3, 0.4) is 0 Å². The number of nitrogens with zero attached hydrogens (tertiary/aromatic N) is 2. The fourth-order valence-electron chi connectivity index (χ4n) is 2.37. The van der Waals surface area contributed by atoms with Crippen LogP contribution in [0.25, 0.3) is 0 Å². The Hall–Kier alpha value is -2.67. The van der Waals surface area contributed by atoms with E-state index in [0.717, 1.165) is 16.8 Å². The first kappa shape index (κ1) is 18.7. The second-order valence-electron chi connectivity index (χ2n) is 6.61. The Bertz CT molecular complexity index is 739.